The average molecular weight is 479 g/mol. The van der Waals surface area contributed by atoms with Crippen molar-refractivity contribution in [1.82, 2.24) is 9.55 Å². The van der Waals surface area contributed by atoms with E-state index < -0.39 is 74.5 Å². The molecule has 0 spiro atoms. The summed E-state index contributed by atoms with van der Waals surface area (Å²) in [5.74, 6) is -4.06. The van der Waals surface area contributed by atoms with Crippen molar-refractivity contribution in [2.45, 2.75) is 37.5 Å². The number of phosphoric ester groups is 1. The Morgan fingerprint density at radius 1 is 1.41 bits per heavy atom. The van der Waals surface area contributed by atoms with Gasteiger partial charge in [0.1, 0.15) is 30.4 Å². The van der Waals surface area contributed by atoms with Gasteiger partial charge < -0.3 is 24.6 Å². The Hall–Kier alpha value is -2.45. The molecule has 1 unspecified atom stereocenters. The molecule has 0 saturated carbocycles. The molecule has 1 saturated heterocycles. The third-order valence-electron chi connectivity index (χ3n) is 4.72. The molecule has 3 heterocycles. The molecule has 0 radical (unpaired) electrons. The molecule has 2 aromatic rings. The molecule has 0 amide bonds. The van der Waals surface area contributed by atoms with Crippen LogP contribution >= 0.6 is 7.82 Å². The highest BCUT2D eigenvalue weighted by Gasteiger charge is 2.57. The average Bonchev–Trinajstić information content (AvgIpc) is 2.94. The number of aliphatic hydroxyl groups is 3. The van der Waals surface area contributed by atoms with E-state index in [9.17, 15) is 33.9 Å². The monoisotopic (exact) mass is 479 g/mol. The van der Waals surface area contributed by atoms with Crippen molar-refractivity contribution in [2.75, 3.05) is 6.61 Å². The van der Waals surface area contributed by atoms with Crippen molar-refractivity contribution < 1.29 is 48.3 Å². The molecule has 1 aromatic carbocycles. The number of aromatic amines is 1. The number of H-pyrrole nitrogens is 1. The molecule has 2 aliphatic rings. The summed E-state index contributed by atoms with van der Waals surface area (Å²) >= 11 is 0. The zero-order valence-corrected chi connectivity index (χ0v) is 16.8. The molecule has 1 aromatic heterocycles. The van der Waals surface area contributed by atoms with E-state index in [1.54, 1.807) is 4.98 Å². The van der Waals surface area contributed by atoms with Crippen molar-refractivity contribution in [3.05, 3.63) is 62.2 Å². The van der Waals surface area contributed by atoms with Crippen molar-refractivity contribution in [3.8, 4) is 5.75 Å². The lowest BCUT2D eigenvalue weighted by Crippen LogP contribution is -2.43. The molecule has 15 heteroatoms. The van der Waals surface area contributed by atoms with Gasteiger partial charge in [-0.15, -0.1) is 0 Å². The minimum atomic E-state index is -4.49. The van der Waals surface area contributed by atoms with Gasteiger partial charge in [0.15, 0.2) is 6.20 Å². The molecule has 12 nitrogen and oxygen atoms in total. The maximum absolute atomic E-state index is 15.4. The van der Waals surface area contributed by atoms with E-state index in [1.807, 2.05) is 0 Å². The molecule has 1 fully saturated rings. The fourth-order valence-corrected chi connectivity index (χ4v) is 4.27. The number of hydrogen-bond acceptors (Lipinski definition) is 10. The first-order valence-electron chi connectivity index (χ1n) is 9.49. The van der Waals surface area contributed by atoms with E-state index in [0.29, 0.717) is 6.20 Å². The Morgan fingerprint density at radius 3 is 2.88 bits per heavy atom. The Labute approximate surface area is 178 Å². The largest absolute Gasteiger partial charge is 0.530 e. The van der Waals surface area contributed by atoms with Crippen LogP contribution in [0.15, 0.2) is 34.0 Å². The highest BCUT2D eigenvalue weighted by molar-refractivity contribution is 7.49. The number of aromatic nitrogens is 2. The summed E-state index contributed by atoms with van der Waals surface area (Å²) in [4.78, 5) is 25.5. The van der Waals surface area contributed by atoms with Crippen LogP contribution in [0, 0.1) is 5.82 Å². The summed E-state index contributed by atoms with van der Waals surface area (Å²) in [6.07, 6.45) is -7.26. The second kappa shape index (κ2) is 8.15. The summed E-state index contributed by atoms with van der Waals surface area (Å²) < 4.78 is 69.5. The van der Waals surface area contributed by atoms with Crippen LogP contribution in [0.1, 0.15) is 18.7 Å². The van der Waals surface area contributed by atoms with E-state index in [-0.39, 0.29) is 15.9 Å². The van der Waals surface area contributed by atoms with Gasteiger partial charge in [0.2, 0.25) is 0 Å². The standard InChI is InChI=1S/C17H17F2N2O10P/c18-10-1-2-11-8(3-10)6-28-32(27,31-11)29-7-17(19)13(24)12(23)15(30-17)21-4-9(5-22)14(25)20-16(21)26/h1-4,12-13,15,22-24H,5-7H2,(H,20,25,26)/t12-,13+,15-,17-,32?/m1/s1/i15D. The number of nitrogens with one attached hydrogen (secondary N) is 1. The smallest absolute Gasteiger partial charge is 0.404 e. The first-order chi connectivity index (χ1) is 15.4. The number of aliphatic hydroxyl groups excluding tert-OH is 3. The van der Waals surface area contributed by atoms with Gasteiger partial charge in [0.25, 0.3) is 11.4 Å². The van der Waals surface area contributed by atoms with Crippen molar-refractivity contribution in [3.63, 3.8) is 0 Å². The number of ether oxygens (including phenoxy) is 1. The molecule has 32 heavy (non-hydrogen) atoms. The fraction of sp³-hybridized carbons (Fsp3) is 0.412. The highest BCUT2D eigenvalue weighted by atomic mass is 31.2. The minimum Gasteiger partial charge on any atom is -0.404 e. The van der Waals surface area contributed by atoms with Gasteiger partial charge in [-0.25, -0.2) is 18.1 Å². The predicted molar refractivity (Wildman–Crippen MR) is 98.6 cm³/mol. The Morgan fingerprint density at radius 2 is 2.16 bits per heavy atom. The van der Waals surface area contributed by atoms with Crippen LogP contribution in [0.3, 0.4) is 0 Å². The maximum Gasteiger partial charge on any atom is 0.530 e. The number of alkyl halides is 1. The summed E-state index contributed by atoms with van der Waals surface area (Å²) in [6.45, 7) is -2.66. The molecule has 5 atom stereocenters. The lowest BCUT2D eigenvalue weighted by atomic mass is 10.1. The first-order valence-corrected chi connectivity index (χ1v) is 10.5. The quantitative estimate of drug-likeness (QED) is 0.422. The summed E-state index contributed by atoms with van der Waals surface area (Å²) in [5, 5.41) is 29.7. The number of halogens is 2. The van der Waals surface area contributed by atoms with Crippen LogP contribution in [0.5, 0.6) is 5.75 Å². The van der Waals surface area contributed by atoms with E-state index >= 15 is 4.39 Å². The number of phosphoric acid groups is 1. The van der Waals surface area contributed by atoms with Gasteiger partial charge in [0.05, 0.1) is 20.1 Å². The summed E-state index contributed by atoms with van der Waals surface area (Å²) in [7, 11) is -4.49. The van der Waals surface area contributed by atoms with E-state index in [4.69, 9.17) is 19.7 Å². The first kappa shape index (κ1) is 21.4. The van der Waals surface area contributed by atoms with Crippen molar-refractivity contribution in [2.24, 2.45) is 0 Å². The Balaban J connectivity index is 1.57. The number of fused-ring (bicyclic) bond motifs is 1. The molecular weight excluding hydrogens is 461 g/mol. The molecule has 0 aliphatic carbocycles. The minimum absolute atomic E-state index is 0.0574. The molecule has 4 N–H and O–H groups in total. The van der Waals surface area contributed by atoms with Crippen molar-refractivity contribution >= 4 is 7.82 Å². The van der Waals surface area contributed by atoms with Crippen LogP contribution < -0.4 is 15.8 Å². The van der Waals surface area contributed by atoms with Gasteiger partial charge in [0, 0.05) is 11.8 Å². The third-order valence-corrected chi connectivity index (χ3v) is 6.03. The number of rotatable bonds is 5. The van der Waals surface area contributed by atoms with Crippen LogP contribution in [0.4, 0.5) is 8.78 Å². The summed E-state index contributed by atoms with van der Waals surface area (Å²) in [5.41, 5.74) is -2.51. The molecule has 2 aliphatic heterocycles. The zero-order valence-electron chi connectivity index (χ0n) is 16.9. The second-order valence-electron chi connectivity index (χ2n) is 6.90. The Kier molecular flexibility index (Phi) is 5.45. The number of nitrogens with zero attached hydrogens (tertiary/aromatic N) is 1. The van der Waals surface area contributed by atoms with Gasteiger partial charge in [-0.1, -0.05) is 0 Å². The van der Waals surface area contributed by atoms with Crippen LogP contribution in [-0.4, -0.2) is 49.5 Å². The lowest BCUT2D eigenvalue weighted by molar-refractivity contribution is -0.205. The van der Waals surface area contributed by atoms with Crippen molar-refractivity contribution in [1.29, 1.82) is 0 Å². The third kappa shape index (κ3) is 4.01. The van der Waals surface area contributed by atoms with Gasteiger partial charge in [-0.05, 0) is 18.2 Å². The summed E-state index contributed by atoms with van der Waals surface area (Å²) in [6, 6.07) is 3.23. The molecule has 4 rings (SSSR count). The maximum atomic E-state index is 15.4. The Bertz CT molecular complexity index is 1260. The number of benzene rings is 1. The van der Waals surface area contributed by atoms with Gasteiger partial charge >= 0.3 is 13.5 Å². The lowest BCUT2D eigenvalue weighted by Gasteiger charge is -2.28. The predicted octanol–water partition coefficient (Wildman–Crippen LogP) is -0.182. The van der Waals surface area contributed by atoms with E-state index in [2.05, 4.69) is 0 Å². The molecule has 174 valence electrons. The fourth-order valence-electron chi connectivity index (χ4n) is 3.03. The van der Waals surface area contributed by atoms with Crippen LogP contribution in [0.2, 0.25) is 0 Å². The second-order valence-corrected chi connectivity index (χ2v) is 8.49. The van der Waals surface area contributed by atoms with E-state index in [1.165, 1.54) is 0 Å². The van der Waals surface area contributed by atoms with Crippen LogP contribution in [-0.2, 0) is 31.6 Å². The SMILES string of the molecule is [2H][C@@]1(n2cc(CO)c(=O)[nH]c2=O)O[C@](F)(COP2(=O)OCc3cc(F)ccc3O2)[C@@H](O)[C@H]1O. The zero-order chi connectivity index (χ0) is 24.2. The molecule has 0 bridgehead atoms. The normalized spacial score (nSPS) is 34.6. The van der Waals surface area contributed by atoms with E-state index in [0.717, 1.165) is 18.2 Å². The van der Waals surface area contributed by atoms with Gasteiger partial charge in [-0.2, -0.15) is 0 Å². The molecular formula is C17H17F2N2O10P. The van der Waals surface area contributed by atoms with Crippen LogP contribution in [0.25, 0.3) is 0 Å². The van der Waals surface area contributed by atoms with Gasteiger partial charge in [-0.3, -0.25) is 23.4 Å². The number of hydrogen-bond donors (Lipinski definition) is 4. The highest BCUT2D eigenvalue weighted by Crippen LogP contribution is 2.55. The topological polar surface area (TPSA) is 170 Å².